The topological polar surface area (TPSA) is 82.4 Å². The Kier molecular flexibility index (Phi) is 5.92. The molecule has 7 nitrogen and oxygen atoms in total. The third-order valence-electron chi connectivity index (χ3n) is 4.59. The van der Waals surface area contributed by atoms with Gasteiger partial charge >= 0.3 is 0 Å². The molecular formula is C22H18ClN3O4S. The average Bonchev–Trinajstić information content (AvgIpc) is 3.16. The zero-order valence-electron chi connectivity index (χ0n) is 16.7. The summed E-state index contributed by atoms with van der Waals surface area (Å²) in [6, 6.07) is 14.0. The highest BCUT2D eigenvalue weighted by Gasteiger charge is 2.15. The van der Waals surface area contributed by atoms with Crippen LogP contribution in [0.1, 0.15) is 16.1 Å². The number of ether oxygens (including phenoxy) is 2. The number of aryl methyl sites for hydroxylation is 1. The number of hydrogen-bond acceptors (Lipinski definition) is 6. The molecule has 0 bridgehead atoms. The van der Waals surface area contributed by atoms with Crippen LogP contribution in [-0.2, 0) is 13.7 Å². The number of carbonyl (C=O) groups is 1. The van der Waals surface area contributed by atoms with E-state index in [9.17, 15) is 9.59 Å². The number of benzene rings is 2. The zero-order valence-corrected chi connectivity index (χ0v) is 18.3. The fraction of sp³-hybridized carbons (Fsp3) is 0.136. The van der Waals surface area contributed by atoms with Crippen LogP contribution in [-0.4, -0.2) is 22.6 Å². The van der Waals surface area contributed by atoms with Gasteiger partial charge in [-0.15, -0.1) is 0 Å². The lowest BCUT2D eigenvalue weighted by molar-refractivity contribution is 0.101. The SMILES string of the molecule is COc1ccc2nc(NC(=O)c3cc(=O)c(OCc4ccccc4Cl)cn3C)sc2c1. The lowest BCUT2D eigenvalue weighted by Gasteiger charge is -2.11. The van der Waals surface area contributed by atoms with Crippen LogP contribution < -0.4 is 20.2 Å². The fourth-order valence-electron chi connectivity index (χ4n) is 2.96. The Morgan fingerprint density at radius 3 is 2.81 bits per heavy atom. The number of rotatable bonds is 6. The van der Waals surface area contributed by atoms with E-state index in [-0.39, 0.29) is 18.1 Å². The van der Waals surface area contributed by atoms with Gasteiger partial charge in [-0.3, -0.25) is 14.9 Å². The normalized spacial score (nSPS) is 10.8. The number of hydrogen-bond donors (Lipinski definition) is 1. The Bertz CT molecular complexity index is 1330. The molecule has 0 radical (unpaired) electrons. The monoisotopic (exact) mass is 455 g/mol. The van der Waals surface area contributed by atoms with Crippen LogP contribution in [0.3, 0.4) is 0 Å². The zero-order chi connectivity index (χ0) is 22.0. The predicted octanol–water partition coefficient (Wildman–Crippen LogP) is 4.49. The number of nitrogens with zero attached hydrogens (tertiary/aromatic N) is 2. The molecule has 0 aliphatic heterocycles. The Morgan fingerprint density at radius 1 is 1.23 bits per heavy atom. The molecular weight excluding hydrogens is 438 g/mol. The fourth-order valence-corrected chi connectivity index (χ4v) is 4.04. The summed E-state index contributed by atoms with van der Waals surface area (Å²) in [5.41, 5.74) is 1.30. The van der Waals surface area contributed by atoms with Crippen molar-refractivity contribution < 1.29 is 14.3 Å². The predicted molar refractivity (Wildman–Crippen MR) is 122 cm³/mol. The van der Waals surface area contributed by atoms with Crippen molar-refractivity contribution in [3.63, 3.8) is 0 Å². The van der Waals surface area contributed by atoms with Crippen molar-refractivity contribution in [3.8, 4) is 11.5 Å². The van der Waals surface area contributed by atoms with Crippen LogP contribution in [0.15, 0.2) is 59.5 Å². The number of fused-ring (bicyclic) bond motifs is 1. The van der Waals surface area contributed by atoms with Crippen molar-refractivity contribution in [2.45, 2.75) is 6.61 Å². The van der Waals surface area contributed by atoms with Gasteiger partial charge in [0.2, 0.25) is 5.43 Å². The first-order valence-corrected chi connectivity index (χ1v) is 10.5. The number of nitrogens with one attached hydrogen (secondary N) is 1. The molecule has 0 fully saturated rings. The van der Waals surface area contributed by atoms with Crippen molar-refractivity contribution in [1.29, 1.82) is 0 Å². The minimum absolute atomic E-state index is 0.131. The maximum atomic E-state index is 12.7. The largest absolute Gasteiger partial charge is 0.497 e. The van der Waals surface area contributed by atoms with Crippen molar-refractivity contribution in [2.24, 2.45) is 7.05 Å². The van der Waals surface area contributed by atoms with Gasteiger partial charge in [0.1, 0.15) is 18.1 Å². The van der Waals surface area contributed by atoms with Crippen LogP contribution in [0.25, 0.3) is 10.2 Å². The maximum Gasteiger partial charge on any atom is 0.274 e. The Balaban J connectivity index is 1.51. The second-order valence-electron chi connectivity index (χ2n) is 6.68. The summed E-state index contributed by atoms with van der Waals surface area (Å²) < 4.78 is 13.3. The van der Waals surface area contributed by atoms with Crippen molar-refractivity contribution >= 4 is 44.2 Å². The van der Waals surface area contributed by atoms with Crippen molar-refractivity contribution in [3.05, 3.63) is 81.2 Å². The lowest BCUT2D eigenvalue weighted by atomic mass is 10.2. The molecule has 0 atom stereocenters. The van der Waals surface area contributed by atoms with E-state index in [1.807, 2.05) is 30.3 Å². The van der Waals surface area contributed by atoms with Crippen LogP contribution in [0, 0.1) is 0 Å². The minimum atomic E-state index is -0.441. The van der Waals surface area contributed by atoms with E-state index in [0.29, 0.717) is 15.9 Å². The molecule has 4 aromatic rings. The van der Waals surface area contributed by atoms with Crippen LogP contribution in [0.2, 0.25) is 5.02 Å². The lowest BCUT2D eigenvalue weighted by Crippen LogP contribution is -2.21. The third-order valence-corrected chi connectivity index (χ3v) is 5.89. The first-order chi connectivity index (χ1) is 14.9. The molecule has 2 heterocycles. The van der Waals surface area contributed by atoms with Gasteiger partial charge in [0.25, 0.3) is 5.91 Å². The standard InChI is InChI=1S/C22H18ClN3O4S/c1-26-11-19(30-12-13-5-3-4-6-15(13)23)18(27)10-17(26)21(28)25-22-24-16-8-7-14(29-2)9-20(16)31-22/h3-11H,12H2,1-2H3,(H,24,25,28). The highest BCUT2D eigenvalue weighted by Crippen LogP contribution is 2.29. The van der Waals surface area contributed by atoms with E-state index < -0.39 is 11.3 Å². The molecule has 0 aliphatic carbocycles. The number of aromatic nitrogens is 2. The number of pyridine rings is 1. The van der Waals surface area contributed by atoms with E-state index >= 15 is 0 Å². The van der Waals surface area contributed by atoms with Gasteiger partial charge in [-0.2, -0.15) is 0 Å². The number of amides is 1. The second-order valence-corrected chi connectivity index (χ2v) is 8.12. The Hall–Kier alpha value is -3.36. The number of thiazole rings is 1. The first-order valence-electron chi connectivity index (χ1n) is 9.27. The molecule has 31 heavy (non-hydrogen) atoms. The summed E-state index contributed by atoms with van der Waals surface area (Å²) in [6.07, 6.45) is 1.48. The number of carbonyl (C=O) groups excluding carboxylic acids is 1. The summed E-state index contributed by atoms with van der Waals surface area (Å²) in [6.45, 7) is 0.148. The number of methoxy groups -OCH3 is 1. The number of halogens is 1. The molecule has 2 aromatic heterocycles. The van der Waals surface area contributed by atoms with E-state index in [4.69, 9.17) is 21.1 Å². The molecule has 0 saturated carbocycles. The highest BCUT2D eigenvalue weighted by molar-refractivity contribution is 7.22. The molecule has 158 valence electrons. The minimum Gasteiger partial charge on any atom is -0.497 e. The summed E-state index contributed by atoms with van der Waals surface area (Å²) in [7, 11) is 3.26. The molecule has 0 aliphatic rings. The molecule has 0 unspecified atom stereocenters. The summed E-state index contributed by atoms with van der Waals surface area (Å²) >= 11 is 7.45. The molecule has 1 amide bonds. The average molecular weight is 456 g/mol. The van der Waals surface area contributed by atoms with Gasteiger partial charge in [-0.1, -0.05) is 41.1 Å². The third kappa shape index (κ3) is 4.55. The molecule has 1 N–H and O–H groups in total. The molecule has 9 heteroatoms. The maximum absolute atomic E-state index is 12.7. The van der Waals surface area contributed by atoms with E-state index in [1.54, 1.807) is 26.3 Å². The van der Waals surface area contributed by atoms with Gasteiger partial charge in [0.15, 0.2) is 10.9 Å². The Morgan fingerprint density at radius 2 is 2.03 bits per heavy atom. The highest BCUT2D eigenvalue weighted by atomic mass is 35.5. The second kappa shape index (κ2) is 8.79. The van der Waals surface area contributed by atoms with E-state index in [2.05, 4.69) is 10.3 Å². The quantitative estimate of drug-likeness (QED) is 0.463. The first kappa shape index (κ1) is 20.9. The summed E-state index contributed by atoms with van der Waals surface area (Å²) in [5.74, 6) is 0.401. The Labute approximate surface area is 186 Å². The van der Waals surface area contributed by atoms with Gasteiger partial charge in [0, 0.05) is 23.7 Å². The van der Waals surface area contributed by atoms with Crippen molar-refractivity contribution in [2.75, 3.05) is 12.4 Å². The smallest absolute Gasteiger partial charge is 0.274 e. The van der Waals surface area contributed by atoms with Gasteiger partial charge in [-0.05, 0) is 24.3 Å². The molecule has 4 rings (SSSR count). The van der Waals surface area contributed by atoms with E-state index in [1.165, 1.54) is 28.2 Å². The number of anilines is 1. The van der Waals surface area contributed by atoms with Crippen LogP contribution in [0.5, 0.6) is 11.5 Å². The van der Waals surface area contributed by atoms with Gasteiger partial charge in [0.05, 0.1) is 23.5 Å². The summed E-state index contributed by atoms with van der Waals surface area (Å²) in [4.78, 5) is 29.6. The van der Waals surface area contributed by atoms with Gasteiger partial charge < -0.3 is 14.0 Å². The van der Waals surface area contributed by atoms with Gasteiger partial charge in [-0.25, -0.2) is 4.98 Å². The van der Waals surface area contributed by atoms with Crippen LogP contribution >= 0.6 is 22.9 Å². The molecule has 0 spiro atoms. The molecule has 2 aromatic carbocycles. The molecule has 0 saturated heterocycles. The van der Waals surface area contributed by atoms with E-state index in [0.717, 1.165) is 15.8 Å². The van der Waals surface area contributed by atoms with Crippen LogP contribution in [0.4, 0.5) is 5.13 Å². The van der Waals surface area contributed by atoms with Crippen molar-refractivity contribution in [1.82, 2.24) is 9.55 Å². The summed E-state index contributed by atoms with van der Waals surface area (Å²) in [5, 5.41) is 3.74.